The standard InChI is InChI=1S/C25H20ClFN4O3S/c1-2-31(18-6-3-5-16(26)13-18)25(33)21-15-35-22(30-21)14-29-23(32)20-7-4-12-28-24(20)34-19-10-8-17(27)9-11-19/h3-13,15H,2,14H2,1H3,(H,29,32). The van der Waals surface area contributed by atoms with Crippen LogP contribution in [0.3, 0.4) is 0 Å². The molecule has 0 saturated heterocycles. The van der Waals surface area contributed by atoms with Crippen LogP contribution in [0.2, 0.25) is 5.02 Å². The zero-order valence-corrected chi connectivity index (χ0v) is 20.1. The second-order valence-corrected chi connectivity index (χ2v) is 8.63. The van der Waals surface area contributed by atoms with E-state index >= 15 is 0 Å². The number of ether oxygens (including phenoxy) is 1. The summed E-state index contributed by atoms with van der Waals surface area (Å²) in [5, 5.41) is 5.53. The van der Waals surface area contributed by atoms with Gasteiger partial charge in [-0.15, -0.1) is 11.3 Å². The Kier molecular flexibility index (Phi) is 7.69. The van der Waals surface area contributed by atoms with E-state index in [2.05, 4.69) is 15.3 Å². The number of hydrogen-bond donors (Lipinski definition) is 1. The Bertz CT molecular complexity index is 1350. The molecule has 0 aliphatic rings. The summed E-state index contributed by atoms with van der Waals surface area (Å²) < 4.78 is 18.8. The number of rotatable bonds is 8. The van der Waals surface area contributed by atoms with Crippen molar-refractivity contribution in [2.75, 3.05) is 11.4 Å². The SMILES string of the molecule is CCN(C(=O)c1csc(CNC(=O)c2cccnc2Oc2ccc(F)cc2)n1)c1cccc(Cl)c1. The molecule has 0 saturated carbocycles. The Morgan fingerprint density at radius 2 is 1.94 bits per heavy atom. The molecule has 7 nitrogen and oxygen atoms in total. The Labute approximate surface area is 210 Å². The molecule has 10 heteroatoms. The number of pyridine rings is 1. The van der Waals surface area contributed by atoms with Gasteiger partial charge in [0, 0.05) is 28.8 Å². The van der Waals surface area contributed by atoms with Gasteiger partial charge in [0.25, 0.3) is 11.8 Å². The van der Waals surface area contributed by atoms with Crippen LogP contribution in [-0.2, 0) is 6.54 Å². The van der Waals surface area contributed by atoms with E-state index in [1.165, 1.54) is 41.8 Å². The largest absolute Gasteiger partial charge is 0.438 e. The van der Waals surface area contributed by atoms with Gasteiger partial charge in [-0.05, 0) is 61.5 Å². The fourth-order valence-electron chi connectivity index (χ4n) is 3.23. The van der Waals surface area contributed by atoms with E-state index in [9.17, 15) is 14.0 Å². The van der Waals surface area contributed by atoms with Crippen LogP contribution >= 0.6 is 22.9 Å². The van der Waals surface area contributed by atoms with E-state index in [0.717, 1.165) is 0 Å². The van der Waals surface area contributed by atoms with Gasteiger partial charge in [-0.2, -0.15) is 0 Å². The van der Waals surface area contributed by atoms with E-state index in [0.29, 0.717) is 28.0 Å². The lowest BCUT2D eigenvalue weighted by Crippen LogP contribution is -2.31. The molecular formula is C25H20ClFN4O3S. The first-order chi connectivity index (χ1) is 16.9. The quantitative estimate of drug-likeness (QED) is 0.328. The van der Waals surface area contributed by atoms with Crippen molar-refractivity contribution in [1.29, 1.82) is 0 Å². The predicted molar refractivity (Wildman–Crippen MR) is 133 cm³/mol. The van der Waals surface area contributed by atoms with Crippen molar-refractivity contribution in [3.63, 3.8) is 0 Å². The van der Waals surface area contributed by atoms with E-state index < -0.39 is 11.7 Å². The molecule has 0 radical (unpaired) electrons. The summed E-state index contributed by atoms with van der Waals surface area (Å²) in [4.78, 5) is 35.9. The number of nitrogens with zero attached hydrogens (tertiary/aromatic N) is 3. The Balaban J connectivity index is 1.42. The summed E-state index contributed by atoms with van der Waals surface area (Å²) in [6, 6.07) is 15.6. The number of halogens is 2. The number of carbonyl (C=O) groups is 2. The van der Waals surface area contributed by atoms with Crippen LogP contribution in [0.4, 0.5) is 10.1 Å². The topological polar surface area (TPSA) is 84.4 Å². The first kappa shape index (κ1) is 24.3. The second kappa shape index (κ2) is 11.1. The maximum atomic E-state index is 13.1. The van der Waals surface area contributed by atoms with E-state index in [4.69, 9.17) is 16.3 Å². The van der Waals surface area contributed by atoms with Crippen molar-refractivity contribution in [2.24, 2.45) is 0 Å². The Morgan fingerprint density at radius 3 is 2.69 bits per heavy atom. The number of amides is 2. The van der Waals surface area contributed by atoms with E-state index in [1.807, 2.05) is 6.92 Å². The molecule has 0 spiro atoms. The van der Waals surface area contributed by atoms with Crippen LogP contribution < -0.4 is 15.0 Å². The lowest BCUT2D eigenvalue weighted by atomic mass is 10.2. The Morgan fingerprint density at radius 1 is 1.14 bits per heavy atom. The maximum absolute atomic E-state index is 13.1. The summed E-state index contributed by atoms with van der Waals surface area (Å²) >= 11 is 7.33. The molecule has 35 heavy (non-hydrogen) atoms. The molecule has 0 aliphatic carbocycles. The number of nitrogens with one attached hydrogen (secondary N) is 1. The van der Waals surface area contributed by atoms with Crippen LogP contribution in [0, 0.1) is 5.82 Å². The molecule has 0 unspecified atom stereocenters. The molecular weight excluding hydrogens is 491 g/mol. The molecule has 4 aromatic rings. The number of benzene rings is 2. The number of anilines is 1. The average Bonchev–Trinajstić information content (AvgIpc) is 3.34. The van der Waals surface area contributed by atoms with Gasteiger partial charge in [-0.3, -0.25) is 9.59 Å². The zero-order chi connectivity index (χ0) is 24.8. The van der Waals surface area contributed by atoms with Gasteiger partial charge in [0.05, 0.1) is 6.54 Å². The average molecular weight is 511 g/mol. The molecule has 2 heterocycles. The number of carbonyl (C=O) groups excluding carboxylic acids is 2. The molecule has 1 N–H and O–H groups in total. The van der Waals surface area contributed by atoms with E-state index in [1.54, 1.807) is 46.7 Å². The molecule has 0 fully saturated rings. The van der Waals surface area contributed by atoms with Crippen LogP contribution in [0.1, 0.15) is 32.8 Å². The fraction of sp³-hybridized carbons (Fsp3) is 0.120. The molecule has 0 atom stereocenters. The van der Waals surface area contributed by atoms with Crippen LogP contribution in [-0.4, -0.2) is 28.3 Å². The summed E-state index contributed by atoms with van der Waals surface area (Å²) in [7, 11) is 0. The summed E-state index contributed by atoms with van der Waals surface area (Å²) in [6.45, 7) is 2.43. The van der Waals surface area contributed by atoms with Crippen molar-refractivity contribution in [3.05, 3.63) is 99.3 Å². The van der Waals surface area contributed by atoms with Crippen molar-refractivity contribution >= 4 is 40.4 Å². The monoisotopic (exact) mass is 510 g/mol. The van der Waals surface area contributed by atoms with E-state index in [-0.39, 0.29) is 29.6 Å². The van der Waals surface area contributed by atoms with Gasteiger partial charge in [0.2, 0.25) is 5.88 Å². The predicted octanol–water partition coefficient (Wildman–Crippen LogP) is 5.72. The van der Waals surface area contributed by atoms with Crippen molar-refractivity contribution in [2.45, 2.75) is 13.5 Å². The molecule has 2 aromatic carbocycles. The fourth-order valence-corrected chi connectivity index (χ4v) is 4.12. The molecule has 178 valence electrons. The van der Waals surface area contributed by atoms with Crippen molar-refractivity contribution in [1.82, 2.24) is 15.3 Å². The highest BCUT2D eigenvalue weighted by molar-refractivity contribution is 7.09. The second-order valence-electron chi connectivity index (χ2n) is 7.25. The zero-order valence-electron chi connectivity index (χ0n) is 18.6. The third-order valence-electron chi connectivity index (χ3n) is 4.90. The number of thiazole rings is 1. The van der Waals surface area contributed by atoms with Gasteiger partial charge in [0.15, 0.2) is 0 Å². The summed E-state index contributed by atoms with van der Waals surface area (Å²) in [5.74, 6) is -0.639. The summed E-state index contributed by atoms with van der Waals surface area (Å²) in [5.41, 5.74) is 1.17. The molecule has 4 rings (SSSR count). The minimum absolute atomic E-state index is 0.0896. The first-order valence-corrected chi connectivity index (χ1v) is 11.9. The number of aromatic nitrogens is 2. The minimum atomic E-state index is -0.424. The Hall–Kier alpha value is -3.82. The van der Waals surface area contributed by atoms with Crippen molar-refractivity contribution < 1.29 is 18.7 Å². The smallest absolute Gasteiger partial charge is 0.277 e. The maximum Gasteiger partial charge on any atom is 0.277 e. The highest BCUT2D eigenvalue weighted by Crippen LogP contribution is 2.24. The van der Waals surface area contributed by atoms with Crippen molar-refractivity contribution in [3.8, 4) is 11.6 Å². The minimum Gasteiger partial charge on any atom is -0.438 e. The third-order valence-corrected chi connectivity index (χ3v) is 5.98. The van der Waals surface area contributed by atoms with Gasteiger partial charge in [0.1, 0.15) is 27.8 Å². The molecule has 0 aliphatic heterocycles. The number of hydrogen-bond acceptors (Lipinski definition) is 6. The van der Waals surface area contributed by atoms with Gasteiger partial charge < -0.3 is 15.0 Å². The van der Waals surface area contributed by atoms with Gasteiger partial charge in [-0.1, -0.05) is 17.7 Å². The van der Waals surface area contributed by atoms with Crippen LogP contribution in [0.5, 0.6) is 11.6 Å². The molecule has 2 amide bonds. The highest BCUT2D eigenvalue weighted by Gasteiger charge is 2.20. The lowest BCUT2D eigenvalue weighted by molar-refractivity contribution is 0.0947. The molecule has 0 bridgehead atoms. The van der Waals surface area contributed by atoms with Gasteiger partial charge in [-0.25, -0.2) is 14.4 Å². The third kappa shape index (κ3) is 6.00. The van der Waals surface area contributed by atoms with Crippen LogP contribution in [0.25, 0.3) is 0 Å². The first-order valence-electron chi connectivity index (χ1n) is 10.6. The van der Waals surface area contributed by atoms with Crippen LogP contribution in [0.15, 0.2) is 72.2 Å². The lowest BCUT2D eigenvalue weighted by Gasteiger charge is -2.20. The molecule has 2 aromatic heterocycles. The summed E-state index contributed by atoms with van der Waals surface area (Å²) in [6.07, 6.45) is 1.49. The van der Waals surface area contributed by atoms with Gasteiger partial charge >= 0.3 is 0 Å². The highest BCUT2D eigenvalue weighted by atomic mass is 35.5. The normalized spacial score (nSPS) is 10.6.